The van der Waals surface area contributed by atoms with Crippen molar-refractivity contribution in [3.8, 4) is 5.69 Å². The molecule has 0 amide bonds. The number of halogens is 1. The summed E-state index contributed by atoms with van der Waals surface area (Å²) in [6.45, 7) is 3.99. The van der Waals surface area contributed by atoms with E-state index in [0.29, 0.717) is 13.2 Å². The first-order valence-corrected chi connectivity index (χ1v) is 6.21. The summed E-state index contributed by atoms with van der Waals surface area (Å²) in [4.78, 5) is 0. The molecule has 19 heavy (non-hydrogen) atoms. The van der Waals surface area contributed by atoms with Gasteiger partial charge >= 0.3 is 0 Å². The van der Waals surface area contributed by atoms with Gasteiger partial charge in [0.2, 0.25) is 0 Å². The van der Waals surface area contributed by atoms with Gasteiger partial charge in [-0.2, -0.15) is 5.10 Å². The smallest absolute Gasteiger partial charge is 0.125 e. The van der Waals surface area contributed by atoms with Crippen molar-refractivity contribution in [2.24, 2.45) is 0 Å². The number of hydrogen-bond donors (Lipinski definition) is 1. The monoisotopic (exact) mass is 263 g/mol. The van der Waals surface area contributed by atoms with Gasteiger partial charge < -0.3 is 10.1 Å². The third-order valence-electron chi connectivity index (χ3n) is 2.72. The lowest BCUT2D eigenvalue weighted by atomic mass is 10.2. The molecule has 0 aliphatic heterocycles. The number of aromatic nitrogens is 2. The molecular weight excluding hydrogens is 245 g/mol. The number of nitrogens with one attached hydrogen (secondary N) is 1. The fraction of sp³-hybridized carbons (Fsp3) is 0.357. The third-order valence-corrected chi connectivity index (χ3v) is 2.72. The lowest BCUT2D eigenvalue weighted by molar-refractivity contribution is 0.199. The molecule has 0 aliphatic rings. The van der Waals surface area contributed by atoms with Crippen LogP contribution in [-0.4, -0.2) is 30.0 Å². The molecule has 0 unspecified atom stereocenters. The fourth-order valence-electron chi connectivity index (χ4n) is 1.84. The third kappa shape index (κ3) is 3.87. The average molecular weight is 263 g/mol. The summed E-state index contributed by atoms with van der Waals surface area (Å²) in [5.74, 6) is -0.245. The molecule has 0 fully saturated rings. The minimum atomic E-state index is -0.245. The predicted octanol–water partition coefficient (Wildman–Crippen LogP) is 2.06. The molecule has 1 heterocycles. The lowest BCUT2D eigenvalue weighted by Gasteiger charge is -2.04. The molecule has 0 spiro atoms. The lowest BCUT2D eigenvalue weighted by Crippen LogP contribution is -2.18. The summed E-state index contributed by atoms with van der Waals surface area (Å²) in [5.41, 5.74) is 2.53. The number of aryl methyl sites for hydroxylation is 1. The first-order chi connectivity index (χ1) is 9.19. The first-order valence-electron chi connectivity index (χ1n) is 6.21. The molecule has 5 heteroatoms. The quantitative estimate of drug-likeness (QED) is 0.811. The molecule has 4 nitrogen and oxygen atoms in total. The fourth-order valence-corrected chi connectivity index (χ4v) is 1.84. The normalized spacial score (nSPS) is 10.9. The number of hydrogen-bond acceptors (Lipinski definition) is 3. The largest absolute Gasteiger partial charge is 0.383 e. The van der Waals surface area contributed by atoms with Crippen LogP contribution in [0, 0.1) is 12.7 Å². The molecular formula is C14H18FN3O. The molecule has 0 radical (unpaired) electrons. The van der Waals surface area contributed by atoms with Gasteiger partial charge in [0.05, 0.1) is 18.0 Å². The first kappa shape index (κ1) is 13.7. The molecule has 0 bridgehead atoms. The number of ether oxygens (including phenoxy) is 1. The second-order valence-corrected chi connectivity index (χ2v) is 4.41. The highest BCUT2D eigenvalue weighted by molar-refractivity contribution is 5.35. The van der Waals surface area contributed by atoms with Gasteiger partial charge in [-0.3, -0.25) is 0 Å². The number of methoxy groups -OCH3 is 1. The van der Waals surface area contributed by atoms with E-state index in [9.17, 15) is 4.39 Å². The standard InChI is InChI=1S/C14H18FN3O/c1-11-7-12(15)9-14(8-11)18-5-3-13(17-18)10-16-4-6-19-2/h3,5,7-9,16H,4,6,10H2,1-2H3. The summed E-state index contributed by atoms with van der Waals surface area (Å²) >= 11 is 0. The van der Waals surface area contributed by atoms with Crippen LogP contribution in [-0.2, 0) is 11.3 Å². The summed E-state index contributed by atoms with van der Waals surface area (Å²) < 4.78 is 20.0. The SMILES string of the molecule is COCCNCc1ccn(-c2cc(C)cc(F)c2)n1. The van der Waals surface area contributed by atoms with Crippen molar-refractivity contribution in [3.05, 3.63) is 47.5 Å². The van der Waals surface area contributed by atoms with Gasteiger partial charge in [0, 0.05) is 26.4 Å². The summed E-state index contributed by atoms with van der Waals surface area (Å²) in [7, 11) is 1.67. The molecule has 1 N–H and O–H groups in total. The van der Waals surface area contributed by atoms with Crippen LogP contribution in [0.15, 0.2) is 30.5 Å². The Balaban J connectivity index is 2.03. The van der Waals surface area contributed by atoms with E-state index in [1.807, 2.05) is 25.3 Å². The van der Waals surface area contributed by atoms with Crippen molar-refractivity contribution in [1.82, 2.24) is 15.1 Å². The van der Waals surface area contributed by atoms with Gasteiger partial charge in [0.25, 0.3) is 0 Å². The van der Waals surface area contributed by atoms with Crippen molar-refractivity contribution in [2.75, 3.05) is 20.3 Å². The molecule has 2 aromatic rings. The summed E-state index contributed by atoms with van der Waals surface area (Å²) in [5, 5.41) is 7.62. The maximum Gasteiger partial charge on any atom is 0.125 e. The Bertz CT molecular complexity index is 519. The molecule has 0 saturated carbocycles. The van der Waals surface area contributed by atoms with Crippen molar-refractivity contribution in [2.45, 2.75) is 13.5 Å². The Morgan fingerprint density at radius 2 is 2.21 bits per heavy atom. The van der Waals surface area contributed by atoms with E-state index in [-0.39, 0.29) is 5.82 Å². The maximum absolute atomic E-state index is 13.3. The molecule has 1 aromatic heterocycles. The number of nitrogens with zero attached hydrogens (tertiary/aromatic N) is 2. The van der Waals surface area contributed by atoms with Gasteiger partial charge in [-0.05, 0) is 36.8 Å². The second kappa shape index (κ2) is 6.45. The van der Waals surface area contributed by atoms with E-state index in [0.717, 1.165) is 23.5 Å². The van der Waals surface area contributed by atoms with Crippen LogP contribution in [0.25, 0.3) is 5.69 Å². The predicted molar refractivity (Wildman–Crippen MR) is 71.8 cm³/mol. The zero-order valence-corrected chi connectivity index (χ0v) is 11.2. The molecule has 0 aliphatic carbocycles. The summed E-state index contributed by atoms with van der Waals surface area (Å²) in [6.07, 6.45) is 1.83. The van der Waals surface area contributed by atoms with E-state index in [1.54, 1.807) is 11.8 Å². The Hall–Kier alpha value is -1.72. The Morgan fingerprint density at radius 1 is 1.37 bits per heavy atom. The Morgan fingerprint density at radius 3 is 2.95 bits per heavy atom. The van der Waals surface area contributed by atoms with Crippen LogP contribution in [0.3, 0.4) is 0 Å². The number of benzene rings is 1. The minimum absolute atomic E-state index is 0.245. The molecule has 2 rings (SSSR count). The topological polar surface area (TPSA) is 39.1 Å². The van der Waals surface area contributed by atoms with Crippen molar-refractivity contribution in [3.63, 3.8) is 0 Å². The van der Waals surface area contributed by atoms with E-state index in [4.69, 9.17) is 4.74 Å². The highest BCUT2D eigenvalue weighted by Gasteiger charge is 2.03. The number of rotatable bonds is 6. The van der Waals surface area contributed by atoms with Crippen LogP contribution in [0.4, 0.5) is 4.39 Å². The van der Waals surface area contributed by atoms with Crippen LogP contribution >= 0.6 is 0 Å². The second-order valence-electron chi connectivity index (χ2n) is 4.41. The molecule has 102 valence electrons. The van der Waals surface area contributed by atoms with Crippen molar-refractivity contribution in [1.29, 1.82) is 0 Å². The van der Waals surface area contributed by atoms with Crippen molar-refractivity contribution >= 4 is 0 Å². The van der Waals surface area contributed by atoms with Crippen LogP contribution in [0.5, 0.6) is 0 Å². The van der Waals surface area contributed by atoms with Gasteiger partial charge in [0.1, 0.15) is 5.82 Å². The minimum Gasteiger partial charge on any atom is -0.383 e. The van der Waals surface area contributed by atoms with Crippen LogP contribution < -0.4 is 5.32 Å². The van der Waals surface area contributed by atoms with Gasteiger partial charge in [-0.1, -0.05) is 0 Å². The van der Waals surface area contributed by atoms with Crippen LogP contribution in [0.1, 0.15) is 11.3 Å². The molecule has 1 aromatic carbocycles. The van der Waals surface area contributed by atoms with Gasteiger partial charge in [-0.15, -0.1) is 0 Å². The Labute approximate surface area is 112 Å². The van der Waals surface area contributed by atoms with Crippen molar-refractivity contribution < 1.29 is 9.13 Å². The zero-order chi connectivity index (χ0) is 13.7. The van der Waals surface area contributed by atoms with E-state index >= 15 is 0 Å². The average Bonchev–Trinajstić information content (AvgIpc) is 2.82. The highest BCUT2D eigenvalue weighted by Crippen LogP contribution is 2.12. The molecule has 0 atom stereocenters. The van der Waals surface area contributed by atoms with E-state index in [2.05, 4.69) is 10.4 Å². The highest BCUT2D eigenvalue weighted by atomic mass is 19.1. The van der Waals surface area contributed by atoms with Gasteiger partial charge in [0.15, 0.2) is 0 Å². The van der Waals surface area contributed by atoms with Gasteiger partial charge in [-0.25, -0.2) is 9.07 Å². The van der Waals surface area contributed by atoms with Crippen LogP contribution in [0.2, 0.25) is 0 Å². The van der Waals surface area contributed by atoms with E-state index in [1.165, 1.54) is 12.1 Å². The zero-order valence-electron chi connectivity index (χ0n) is 11.2. The Kier molecular flexibility index (Phi) is 4.65. The summed E-state index contributed by atoms with van der Waals surface area (Å²) in [6, 6.07) is 6.79. The maximum atomic E-state index is 13.3. The molecule has 0 saturated heterocycles. The van der Waals surface area contributed by atoms with E-state index < -0.39 is 0 Å².